The van der Waals surface area contributed by atoms with E-state index in [2.05, 4.69) is 0 Å². The first-order chi connectivity index (χ1) is 12.7. The van der Waals surface area contributed by atoms with Crippen LogP contribution in [0.3, 0.4) is 0 Å². The van der Waals surface area contributed by atoms with Crippen LogP contribution in [0.2, 0.25) is 0 Å². The first-order valence-electron chi connectivity index (χ1n) is 8.68. The molecule has 146 valence electrons. The third kappa shape index (κ3) is 4.06. The molecule has 2 aliphatic heterocycles. The van der Waals surface area contributed by atoms with Crippen LogP contribution in [0, 0.1) is 5.92 Å². The van der Waals surface area contributed by atoms with E-state index < -0.39 is 17.7 Å². The van der Waals surface area contributed by atoms with Crippen molar-refractivity contribution in [1.29, 1.82) is 0 Å². The number of halogens is 3. The Hall–Kier alpha value is -2.58. The molecular weight excluding hydrogens is 363 g/mol. The maximum Gasteiger partial charge on any atom is 0.416 e. The zero-order chi connectivity index (χ0) is 19.8. The summed E-state index contributed by atoms with van der Waals surface area (Å²) in [5.74, 6) is -1.19. The topological polar surface area (TPSA) is 60.9 Å². The fraction of sp³-hybridized carbons (Fsp3) is 0.500. The second-order valence-corrected chi connectivity index (χ2v) is 6.78. The van der Waals surface area contributed by atoms with Gasteiger partial charge in [-0.25, -0.2) is 0 Å². The zero-order valence-corrected chi connectivity index (χ0v) is 14.8. The number of hydrogen-bond donors (Lipinski definition) is 0. The first-order valence-corrected chi connectivity index (χ1v) is 8.68. The molecule has 27 heavy (non-hydrogen) atoms. The molecule has 0 N–H and O–H groups in total. The molecule has 0 spiro atoms. The number of piperazine rings is 1. The number of carbonyl (C=O) groups is 3. The highest BCUT2D eigenvalue weighted by Crippen LogP contribution is 2.33. The zero-order valence-electron chi connectivity index (χ0n) is 14.8. The molecule has 3 rings (SSSR count). The Balaban J connectivity index is 1.67. The highest BCUT2D eigenvalue weighted by molar-refractivity contribution is 6.00. The Morgan fingerprint density at radius 1 is 1.07 bits per heavy atom. The number of amides is 3. The summed E-state index contributed by atoms with van der Waals surface area (Å²) in [5, 5.41) is 0. The molecule has 2 heterocycles. The van der Waals surface area contributed by atoms with Crippen LogP contribution in [0.15, 0.2) is 24.3 Å². The molecule has 0 radical (unpaired) electrons. The third-order valence-electron chi connectivity index (χ3n) is 5.00. The molecule has 9 heteroatoms. The van der Waals surface area contributed by atoms with Gasteiger partial charge in [-0.1, -0.05) is 6.07 Å². The molecule has 6 nitrogen and oxygen atoms in total. The van der Waals surface area contributed by atoms with E-state index in [9.17, 15) is 27.6 Å². The molecule has 3 amide bonds. The predicted octanol–water partition coefficient (Wildman–Crippen LogP) is 1.75. The van der Waals surface area contributed by atoms with Gasteiger partial charge >= 0.3 is 6.18 Å². The molecule has 2 saturated heterocycles. The lowest BCUT2D eigenvalue weighted by Gasteiger charge is -2.35. The monoisotopic (exact) mass is 383 g/mol. The van der Waals surface area contributed by atoms with E-state index in [0.29, 0.717) is 26.2 Å². The first kappa shape index (κ1) is 19.2. The Morgan fingerprint density at radius 2 is 1.70 bits per heavy atom. The number of nitrogens with zero attached hydrogens (tertiary/aromatic N) is 3. The second-order valence-electron chi connectivity index (χ2n) is 6.78. The standard InChI is InChI=1S/C18H20F3N3O3/c1-12(25)22-5-7-23(8-6-22)17(27)13-9-16(26)24(11-13)15-4-2-3-14(10-15)18(19,20)21/h2-4,10,13H,5-9,11H2,1H3/t13-/m1/s1. The third-order valence-corrected chi connectivity index (χ3v) is 5.00. The van der Waals surface area contributed by atoms with Gasteiger partial charge in [0.25, 0.3) is 0 Å². The quantitative estimate of drug-likeness (QED) is 0.782. The van der Waals surface area contributed by atoms with Crippen LogP contribution >= 0.6 is 0 Å². The number of hydrogen-bond acceptors (Lipinski definition) is 3. The van der Waals surface area contributed by atoms with E-state index in [1.54, 1.807) is 9.80 Å². The largest absolute Gasteiger partial charge is 0.416 e. The van der Waals surface area contributed by atoms with E-state index in [4.69, 9.17) is 0 Å². The summed E-state index contributed by atoms with van der Waals surface area (Å²) >= 11 is 0. The number of benzene rings is 1. The molecule has 0 saturated carbocycles. The highest BCUT2D eigenvalue weighted by atomic mass is 19.4. The van der Waals surface area contributed by atoms with Gasteiger partial charge in [0, 0.05) is 51.8 Å². The second kappa shape index (κ2) is 7.21. The van der Waals surface area contributed by atoms with Crippen LogP contribution in [0.25, 0.3) is 0 Å². The SMILES string of the molecule is CC(=O)N1CCN(C(=O)[C@@H]2CC(=O)N(c3cccc(C(F)(F)F)c3)C2)CC1. The van der Waals surface area contributed by atoms with Crippen LogP contribution < -0.4 is 4.90 Å². The summed E-state index contributed by atoms with van der Waals surface area (Å²) in [7, 11) is 0. The number of alkyl halides is 3. The molecule has 1 aromatic rings. The molecule has 1 aromatic carbocycles. The van der Waals surface area contributed by atoms with Crippen LogP contribution in [0.5, 0.6) is 0 Å². The molecule has 1 atom stereocenters. The Kier molecular flexibility index (Phi) is 5.12. The number of carbonyl (C=O) groups excluding carboxylic acids is 3. The lowest BCUT2D eigenvalue weighted by atomic mass is 10.1. The molecular formula is C18H20F3N3O3. The van der Waals surface area contributed by atoms with Gasteiger partial charge in [0.15, 0.2) is 0 Å². The summed E-state index contributed by atoms with van der Waals surface area (Å²) in [6, 6.07) is 4.56. The van der Waals surface area contributed by atoms with Crippen molar-refractivity contribution in [3.8, 4) is 0 Å². The van der Waals surface area contributed by atoms with Crippen LogP contribution in [0.4, 0.5) is 18.9 Å². The summed E-state index contributed by atoms with van der Waals surface area (Å²) in [5.41, 5.74) is -0.686. The highest BCUT2D eigenvalue weighted by Gasteiger charge is 2.39. The van der Waals surface area contributed by atoms with Gasteiger partial charge in [-0.2, -0.15) is 13.2 Å². The van der Waals surface area contributed by atoms with Crippen molar-refractivity contribution < 1.29 is 27.6 Å². The molecule has 2 aliphatic rings. The van der Waals surface area contributed by atoms with E-state index in [-0.39, 0.29) is 36.4 Å². The maximum atomic E-state index is 12.9. The number of anilines is 1. The Morgan fingerprint density at radius 3 is 2.30 bits per heavy atom. The lowest BCUT2D eigenvalue weighted by molar-refractivity contribution is -0.141. The minimum absolute atomic E-state index is 0.0258. The average Bonchev–Trinajstić information content (AvgIpc) is 3.02. The molecule has 0 bridgehead atoms. The minimum atomic E-state index is -4.50. The maximum absolute atomic E-state index is 12.9. The van der Waals surface area contributed by atoms with E-state index in [1.165, 1.54) is 24.0 Å². The van der Waals surface area contributed by atoms with Crippen molar-refractivity contribution in [2.24, 2.45) is 5.92 Å². The normalized spacial score (nSPS) is 21.0. The van der Waals surface area contributed by atoms with Gasteiger partial charge in [0.2, 0.25) is 17.7 Å². The van der Waals surface area contributed by atoms with Crippen molar-refractivity contribution in [2.75, 3.05) is 37.6 Å². The van der Waals surface area contributed by atoms with Crippen LogP contribution in [-0.2, 0) is 20.6 Å². The van der Waals surface area contributed by atoms with Crippen molar-refractivity contribution in [3.05, 3.63) is 29.8 Å². The van der Waals surface area contributed by atoms with Gasteiger partial charge in [-0.3, -0.25) is 14.4 Å². The molecule has 0 aromatic heterocycles. The average molecular weight is 383 g/mol. The van der Waals surface area contributed by atoms with Gasteiger partial charge in [0.1, 0.15) is 0 Å². The lowest BCUT2D eigenvalue weighted by Crippen LogP contribution is -2.51. The van der Waals surface area contributed by atoms with Gasteiger partial charge < -0.3 is 14.7 Å². The van der Waals surface area contributed by atoms with Gasteiger partial charge in [0.05, 0.1) is 11.5 Å². The van der Waals surface area contributed by atoms with Crippen molar-refractivity contribution in [3.63, 3.8) is 0 Å². The predicted molar refractivity (Wildman–Crippen MR) is 90.7 cm³/mol. The number of rotatable bonds is 2. The Bertz CT molecular complexity index is 758. The Labute approximate surface area is 154 Å². The van der Waals surface area contributed by atoms with Gasteiger partial charge in [-0.15, -0.1) is 0 Å². The van der Waals surface area contributed by atoms with E-state index >= 15 is 0 Å². The van der Waals surface area contributed by atoms with Crippen LogP contribution in [-0.4, -0.2) is 60.2 Å². The molecule has 0 aliphatic carbocycles. The van der Waals surface area contributed by atoms with E-state index in [1.807, 2.05) is 0 Å². The summed E-state index contributed by atoms with van der Waals surface area (Å²) in [6.07, 6.45) is -4.52. The summed E-state index contributed by atoms with van der Waals surface area (Å²) in [6.45, 7) is 3.21. The van der Waals surface area contributed by atoms with Crippen molar-refractivity contribution in [1.82, 2.24) is 9.80 Å². The van der Waals surface area contributed by atoms with Gasteiger partial charge in [-0.05, 0) is 18.2 Å². The minimum Gasteiger partial charge on any atom is -0.339 e. The van der Waals surface area contributed by atoms with Crippen molar-refractivity contribution >= 4 is 23.4 Å². The van der Waals surface area contributed by atoms with E-state index in [0.717, 1.165) is 12.1 Å². The molecule has 2 fully saturated rings. The van der Waals surface area contributed by atoms with Crippen molar-refractivity contribution in [2.45, 2.75) is 19.5 Å². The van der Waals surface area contributed by atoms with Crippen LogP contribution in [0.1, 0.15) is 18.9 Å². The fourth-order valence-electron chi connectivity index (χ4n) is 3.47. The molecule has 0 unspecified atom stereocenters. The summed E-state index contributed by atoms with van der Waals surface area (Å²) < 4.78 is 38.7. The fourth-order valence-corrected chi connectivity index (χ4v) is 3.47. The smallest absolute Gasteiger partial charge is 0.339 e. The summed E-state index contributed by atoms with van der Waals surface area (Å²) in [4.78, 5) is 40.9.